The molecule has 0 unspecified atom stereocenters. The van der Waals surface area contributed by atoms with Crippen LogP contribution in [-0.2, 0) is 4.79 Å². The molecule has 1 aromatic carbocycles. The van der Waals surface area contributed by atoms with E-state index in [1.54, 1.807) is 0 Å². The van der Waals surface area contributed by atoms with E-state index < -0.39 is 5.91 Å². The van der Waals surface area contributed by atoms with Gasteiger partial charge in [0.1, 0.15) is 5.75 Å². The zero-order chi connectivity index (χ0) is 9.84. The summed E-state index contributed by atoms with van der Waals surface area (Å²) in [6.07, 6.45) is 0. The van der Waals surface area contributed by atoms with Crippen molar-refractivity contribution in [1.29, 1.82) is 0 Å². The summed E-state index contributed by atoms with van der Waals surface area (Å²) in [5.41, 5.74) is 6.07. The van der Waals surface area contributed by atoms with Gasteiger partial charge in [-0.25, -0.2) is 0 Å². The maximum atomic E-state index is 10.4. The van der Waals surface area contributed by atoms with Gasteiger partial charge in [0.15, 0.2) is 6.61 Å². The van der Waals surface area contributed by atoms with Crippen LogP contribution in [0, 0.1) is 10.5 Å². The third-order valence-corrected chi connectivity index (χ3v) is 2.72. The molecule has 0 aliphatic carbocycles. The Hall–Kier alpha value is -0.780. The van der Waals surface area contributed by atoms with Crippen LogP contribution < -0.4 is 10.5 Å². The molecule has 0 saturated carbocycles. The summed E-state index contributed by atoms with van der Waals surface area (Å²) in [6.45, 7) is 1.92. The number of benzene rings is 1. The van der Waals surface area contributed by atoms with Crippen LogP contribution >= 0.6 is 22.6 Å². The number of carbonyl (C=O) groups is 1. The van der Waals surface area contributed by atoms with Gasteiger partial charge in [-0.1, -0.05) is 0 Å². The van der Waals surface area contributed by atoms with E-state index in [4.69, 9.17) is 10.5 Å². The molecule has 0 atom stereocenters. The molecule has 0 fully saturated rings. The van der Waals surface area contributed by atoms with Gasteiger partial charge in [-0.2, -0.15) is 0 Å². The first-order valence-electron chi connectivity index (χ1n) is 3.77. The molecule has 0 aliphatic heterocycles. The second-order valence-corrected chi connectivity index (χ2v) is 3.83. The maximum Gasteiger partial charge on any atom is 0.255 e. The van der Waals surface area contributed by atoms with Crippen LogP contribution in [0.1, 0.15) is 5.56 Å². The number of nitrogens with two attached hydrogens (primary N) is 1. The first-order valence-corrected chi connectivity index (χ1v) is 4.84. The fourth-order valence-corrected chi connectivity index (χ4v) is 1.20. The predicted octanol–water partition coefficient (Wildman–Crippen LogP) is 1.46. The molecule has 0 aromatic heterocycles. The Balaban J connectivity index is 2.68. The van der Waals surface area contributed by atoms with Gasteiger partial charge in [-0.05, 0) is 53.3 Å². The van der Waals surface area contributed by atoms with E-state index in [2.05, 4.69) is 22.6 Å². The topological polar surface area (TPSA) is 52.3 Å². The van der Waals surface area contributed by atoms with E-state index in [1.165, 1.54) is 3.57 Å². The highest BCUT2D eigenvalue weighted by molar-refractivity contribution is 14.1. The molecule has 1 amide bonds. The molecule has 1 aromatic rings. The highest BCUT2D eigenvalue weighted by Gasteiger charge is 1.99. The largest absolute Gasteiger partial charge is 0.484 e. The first-order chi connectivity index (χ1) is 6.09. The van der Waals surface area contributed by atoms with Crippen molar-refractivity contribution in [2.75, 3.05) is 6.61 Å². The Bertz CT molecular complexity index is 325. The first kappa shape index (κ1) is 10.3. The zero-order valence-electron chi connectivity index (χ0n) is 7.21. The van der Waals surface area contributed by atoms with Crippen LogP contribution in [0.15, 0.2) is 18.2 Å². The molecule has 2 N–H and O–H groups in total. The Morgan fingerprint density at radius 1 is 1.62 bits per heavy atom. The Morgan fingerprint density at radius 3 is 2.85 bits per heavy atom. The minimum Gasteiger partial charge on any atom is -0.484 e. The quantitative estimate of drug-likeness (QED) is 0.857. The fraction of sp³-hybridized carbons (Fsp3) is 0.222. The van der Waals surface area contributed by atoms with E-state index in [0.29, 0.717) is 5.75 Å². The third kappa shape index (κ3) is 3.22. The van der Waals surface area contributed by atoms with Crippen molar-refractivity contribution in [2.45, 2.75) is 6.92 Å². The van der Waals surface area contributed by atoms with E-state index in [9.17, 15) is 4.79 Å². The van der Waals surface area contributed by atoms with Crippen molar-refractivity contribution < 1.29 is 9.53 Å². The van der Waals surface area contributed by atoms with Gasteiger partial charge >= 0.3 is 0 Å². The zero-order valence-corrected chi connectivity index (χ0v) is 9.37. The highest BCUT2D eigenvalue weighted by atomic mass is 127. The van der Waals surface area contributed by atoms with Crippen molar-refractivity contribution in [3.05, 3.63) is 27.3 Å². The number of rotatable bonds is 3. The van der Waals surface area contributed by atoms with Gasteiger partial charge < -0.3 is 10.5 Å². The monoisotopic (exact) mass is 291 g/mol. The number of primary amides is 1. The minimum atomic E-state index is -0.462. The van der Waals surface area contributed by atoms with Gasteiger partial charge in [0, 0.05) is 3.57 Å². The molecule has 0 saturated heterocycles. The molecule has 0 spiro atoms. The highest BCUT2D eigenvalue weighted by Crippen LogP contribution is 2.18. The molecular weight excluding hydrogens is 281 g/mol. The van der Waals surface area contributed by atoms with Crippen molar-refractivity contribution in [3.8, 4) is 5.75 Å². The Morgan fingerprint density at radius 2 is 2.31 bits per heavy atom. The summed E-state index contributed by atoms with van der Waals surface area (Å²) in [7, 11) is 0. The van der Waals surface area contributed by atoms with Crippen molar-refractivity contribution in [1.82, 2.24) is 0 Å². The van der Waals surface area contributed by atoms with Gasteiger partial charge in [0.05, 0.1) is 0 Å². The summed E-state index contributed by atoms with van der Waals surface area (Å²) in [4.78, 5) is 10.4. The van der Waals surface area contributed by atoms with Gasteiger partial charge in [-0.15, -0.1) is 0 Å². The summed E-state index contributed by atoms with van der Waals surface area (Å²) in [5.74, 6) is 0.216. The van der Waals surface area contributed by atoms with Crippen LogP contribution in [0.2, 0.25) is 0 Å². The molecule has 70 valence electrons. The maximum absolute atomic E-state index is 10.4. The smallest absolute Gasteiger partial charge is 0.255 e. The molecule has 0 heterocycles. The summed E-state index contributed by atoms with van der Waals surface area (Å²) < 4.78 is 6.30. The Kier molecular flexibility index (Phi) is 3.53. The van der Waals surface area contributed by atoms with Crippen LogP contribution in [0.4, 0.5) is 0 Å². The number of hydrogen-bond donors (Lipinski definition) is 1. The van der Waals surface area contributed by atoms with Crippen molar-refractivity contribution >= 4 is 28.5 Å². The average Bonchev–Trinajstić information content (AvgIpc) is 2.07. The SMILES string of the molecule is Cc1cc(OCC(N)=O)ccc1I. The Labute approximate surface area is 90.4 Å². The number of halogens is 1. The lowest BCUT2D eigenvalue weighted by molar-refractivity contribution is -0.119. The second kappa shape index (κ2) is 4.45. The summed E-state index contributed by atoms with van der Waals surface area (Å²) >= 11 is 2.24. The summed E-state index contributed by atoms with van der Waals surface area (Å²) in [6, 6.07) is 5.63. The molecule has 0 aliphatic rings. The number of ether oxygens (including phenoxy) is 1. The molecule has 0 bridgehead atoms. The van der Waals surface area contributed by atoms with E-state index in [1.807, 2.05) is 25.1 Å². The van der Waals surface area contributed by atoms with Gasteiger partial charge in [0.2, 0.25) is 0 Å². The minimum absolute atomic E-state index is 0.0694. The van der Waals surface area contributed by atoms with Gasteiger partial charge in [-0.3, -0.25) is 4.79 Å². The molecule has 0 radical (unpaired) electrons. The van der Waals surface area contributed by atoms with Crippen LogP contribution in [0.5, 0.6) is 5.75 Å². The van der Waals surface area contributed by atoms with E-state index >= 15 is 0 Å². The fourth-order valence-electron chi connectivity index (χ4n) is 0.861. The predicted molar refractivity (Wildman–Crippen MR) is 58.6 cm³/mol. The number of hydrogen-bond acceptors (Lipinski definition) is 2. The van der Waals surface area contributed by atoms with Crippen molar-refractivity contribution in [2.24, 2.45) is 5.73 Å². The molecular formula is C9H10INO2. The molecule has 1 rings (SSSR count). The second-order valence-electron chi connectivity index (χ2n) is 2.67. The lowest BCUT2D eigenvalue weighted by Crippen LogP contribution is -2.20. The standard InChI is InChI=1S/C9H10INO2/c1-6-4-7(2-3-8(6)10)13-5-9(11)12/h2-4H,5H2,1H3,(H2,11,12). The van der Waals surface area contributed by atoms with Gasteiger partial charge in [0.25, 0.3) is 5.91 Å². The number of amides is 1. The molecule has 13 heavy (non-hydrogen) atoms. The molecule has 4 heteroatoms. The average molecular weight is 291 g/mol. The summed E-state index contributed by atoms with van der Waals surface area (Å²) in [5, 5.41) is 0. The lowest BCUT2D eigenvalue weighted by Gasteiger charge is -2.05. The molecule has 3 nitrogen and oxygen atoms in total. The van der Waals surface area contributed by atoms with Crippen LogP contribution in [-0.4, -0.2) is 12.5 Å². The lowest BCUT2D eigenvalue weighted by atomic mass is 10.2. The van der Waals surface area contributed by atoms with Crippen molar-refractivity contribution in [3.63, 3.8) is 0 Å². The number of aryl methyl sites for hydroxylation is 1. The van der Waals surface area contributed by atoms with Crippen LogP contribution in [0.3, 0.4) is 0 Å². The normalized spacial score (nSPS) is 9.69. The number of carbonyl (C=O) groups excluding carboxylic acids is 1. The van der Waals surface area contributed by atoms with E-state index in [0.717, 1.165) is 5.56 Å². The van der Waals surface area contributed by atoms with Crippen LogP contribution in [0.25, 0.3) is 0 Å². The van der Waals surface area contributed by atoms with E-state index in [-0.39, 0.29) is 6.61 Å². The third-order valence-electron chi connectivity index (χ3n) is 1.51.